The van der Waals surface area contributed by atoms with Crippen LogP contribution in [0, 0.1) is 27.7 Å². The molecule has 0 nitrogen and oxygen atoms in total. The van der Waals surface area contributed by atoms with Gasteiger partial charge in [-0.2, -0.15) is 0 Å². The molecule has 0 atom stereocenters. The van der Waals surface area contributed by atoms with E-state index in [2.05, 4.69) is 125 Å². The SMILES string of the molecule is Cc1cccc(C2(c3cccc(C)c3)CCC(c3cccc(C)c3)(c3cccc(C)c3)CC2)c1. The van der Waals surface area contributed by atoms with Gasteiger partial charge < -0.3 is 0 Å². The van der Waals surface area contributed by atoms with E-state index in [-0.39, 0.29) is 10.8 Å². The third-order valence-electron chi connectivity index (χ3n) is 8.24. The van der Waals surface area contributed by atoms with Crippen LogP contribution in [0.5, 0.6) is 0 Å². The van der Waals surface area contributed by atoms with Gasteiger partial charge in [-0.3, -0.25) is 0 Å². The van der Waals surface area contributed by atoms with Crippen molar-refractivity contribution in [1.29, 1.82) is 0 Å². The van der Waals surface area contributed by atoms with Crippen molar-refractivity contribution in [3.05, 3.63) is 142 Å². The van der Waals surface area contributed by atoms with Crippen LogP contribution in [0.1, 0.15) is 70.2 Å². The highest BCUT2D eigenvalue weighted by Gasteiger charge is 2.46. The maximum Gasteiger partial charge on any atom is 0.0204 e. The Kier molecular flexibility index (Phi) is 5.94. The van der Waals surface area contributed by atoms with Gasteiger partial charge in [0.05, 0.1) is 0 Å². The molecule has 0 amide bonds. The Bertz CT molecular complexity index is 1100. The predicted octanol–water partition coefficient (Wildman–Crippen LogP) is 8.77. The molecule has 0 unspecified atom stereocenters. The Morgan fingerprint density at radius 1 is 0.382 bits per heavy atom. The van der Waals surface area contributed by atoms with E-state index in [1.807, 2.05) is 0 Å². The highest BCUT2D eigenvalue weighted by atomic mass is 14.5. The van der Waals surface area contributed by atoms with Gasteiger partial charge in [0, 0.05) is 10.8 Å². The molecule has 0 heterocycles. The van der Waals surface area contributed by atoms with Crippen LogP contribution in [0.4, 0.5) is 0 Å². The number of benzene rings is 4. The predicted molar refractivity (Wildman–Crippen MR) is 145 cm³/mol. The molecule has 0 aliphatic heterocycles. The molecule has 1 fully saturated rings. The number of hydrogen-bond acceptors (Lipinski definition) is 0. The van der Waals surface area contributed by atoms with Gasteiger partial charge in [0.15, 0.2) is 0 Å². The Labute approximate surface area is 205 Å². The minimum atomic E-state index is 0.0508. The maximum absolute atomic E-state index is 2.43. The standard InChI is InChI=1S/C34H36/c1-25-9-5-13-29(21-25)33(30-14-6-10-26(2)22-30)17-19-34(20-18-33,31-15-7-11-27(3)23-31)32-16-8-12-28(4)24-32/h5-16,21-24H,17-20H2,1-4H3. The first-order valence-electron chi connectivity index (χ1n) is 12.7. The molecule has 34 heavy (non-hydrogen) atoms. The van der Waals surface area contributed by atoms with E-state index < -0.39 is 0 Å². The van der Waals surface area contributed by atoms with Crippen LogP contribution >= 0.6 is 0 Å². The molecule has 0 bridgehead atoms. The zero-order valence-corrected chi connectivity index (χ0v) is 21.1. The molecule has 1 saturated carbocycles. The lowest BCUT2D eigenvalue weighted by Gasteiger charge is -2.48. The summed E-state index contributed by atoms with van der Waals surface area (Å²) in [5, 5.41) is 0. The second-order valence-electron chi connectivity index (χ2n) is 10.6. The second kappa shape index (κ2) is 8.91. The van der Waals surface area contributed by atoms with Gasteiger partial charge in [0.1, 0.15) is 0 Å². The normalized spacial score (nSPS) is 16.8. The van der Waals surface area contributed by atoms with Gasteiger partial charge in [0.2, 0.25) is 0 Å². The van der Waals surface area contributed by atoms with Crippen molar-refractivity contribution >= 4 is 0 Å². The minimum Gasteiger partial charge on any atom is -0.0617 e. The molecule has 0 saturated heterocycles. The largest absolute Gasteiger partial charge is 0.0617 e. The van der Waals surface area contributed by atoms with Crippen LogP contribution in [0.3, 0.4) is 0 Å². The van der Waals surface area contributed by atoms with Gasteiger partial charge in [-0.25, -0.2) is 0 Å². The van der Waals surface area contributed by atoms with Gasteiger partial charge in [-0.1, -0.05) is 119 Å². The van der Waals surface area contributed by atoms with Gasteiger partial charge in [-0.05, 0) is 75.6 Å². The second-order valence-corrected chi connectivity index (χ2v) is 10.6. The fourth-order valence-corrected chi connectivity index (χ4v) is 6.36. The van der Waals surface area contributed by atoms with Crippen LogP contribution in [0.25, 0.3) is 0 Å². The number of aryl methyl sites for hydroxylation is 4. The molecule has 1 aliphatic rings. The molecule has 1 aliphatic carbocycles. The van der Waals surface area contributed by atoms with E-state index in [0.29, 0.717) is 0 Å². The van der Waals surface area contributed by atoms with Gasteiger partial charge in [0.25, 0.3) is 0 Å². The lowest BCUT2D eigenvalue weighted by Crippen LogP contribution is -2.41. The summed E-state index contributed by atoms with van der Waals surface area (Å²) in [6.07, 6.45) is 4.56. The molecule has 0 N–H and O–H groups in total. The maximum atomic E-state index is 2.43. The van der Waals surface area contributed by atoms with Crippen molar-refractivity contribution in [3.8, 4) is 0 Å². The fourth-order valence-electron chi connectivity index (χ4n) is 6.36. The third-order valence-corrected chi connectivity index (χ3v) is 8.24. The zero-order chi connectivity index (χ0) is 23.8. The highest BCUT2D eigenvalue weighted by molar-refractivity contribution is 5.48. The molecule has 4 aromatic rings. The van der Waals surface area contributed by atoms with Crippen molar-refractivity contribution in [2.75, 3.05) is 0 Å². The van der Waals surface area contributed by atoms with E-state index in [0.717, 1.165) is 25.7 Å². The topological polar surface area (TPSA) is 0 Å². The average molecular weight is 445 g/mol. The summed E-state index contributed by atoms with van der Waals surface area (Å²) in [6, 6.07) is 37.0. The molecule has 0 spiro atoms. The van der Waals surface area contributed by atoms with Gasteiger partial charge in [-0.15, -0.1) is 0 Å². The lowest BCUT2D eigenvalue weighted by molar-refractivity contribution is 0.256. The Hall–Kier alpha value is -3.12. The summed E-state index contributed by atoms with van der Waals surface area (Å²) in [7, 11) is 0. The molecule has 0 heteroatoms. The quantitative estimate of drug-likeness (QED) is 0.295. The first-order chi connectivity index (χ1) is 16.4. The summed E-state index contributed by atoms with van der Waals surface area (Å²) in [5.41, 5.74) is 11.4. The number of rotatable bonds is 4. The first kappa shape index (κ1) is 22.7. The average Bonchev–Trinajstić information content (AvgIpc) is 2.84. The summed E-state index contributed by atoms with van der Waals surface area (Å²) in [5.74, 6) is 0. The van der Waals surface area contributed by atoms with Crippen molar-refractivity contribution in [2.24, 2.45) is 0 Å². The highest BCUT2D eigenvalue weighted by Crippen LogP contribution is 2.54. The van der Waals surface area contributed by atoms with E-state index >= 15 is 0 Å². The molecular weight excluding hydrogens is 408 g/mol. The monoisotopic (exact) mass is 444 g/mol. The first-order valence-corrected chi connectivity index (χ1v) is 12.7. The van der Waals surface area contributed by atoms with Gasteiger partial charge >= 0.3 is 0 Å². The van der Waals surface area contributed by atoms with Crippen molar-refractivity contribution in [3.63, 3.8) is 0 Å². The Morgan fingerprint density at radius 3 is 0.824 bits per heavy atom. The van der Waals surface area contributed by atoms with E-state index in [1.165, 1.54) is 44.5 Å². The molecule has 0 radical (unpaired) electrons. The third kappa shape index (κ3) is 4.00. The lowest BCUT2D eigenvalue weighted by atomic mass is 9.55. The molecule has 5 rings (SSSR count). The fraction of sp³-hybridized carbons (Fsp3) is 0.294. The summed E-state index contributed by atoms with van der Waals surface area (Å²) in [6.45, 7) is 8.89. The van der Waals surface area contributed by atoms with E-state index in [9.17, 15) is 0 Å². The molecule has 172 valence electrons. The van der Waals surface area contributed by atoms with Crippen molar-refractivity contribution in [1.82, 2.24) is 0 Å². The van der Waals surface area contributed by atoms with Crippen molar-refractivity contribution < 1.29 is 0 Å². The van der Waals surface area contributed by atoms with Crippen molar-refractivity contribution in [2.45, 2.75) is 64.2 Å². The summed E-state index contributed by atoms with van der Waals surface area (Å²) >= 11 is 0. The van der Waals surface area contributed by atoms with Crippen LogP contribution in [0.15, 0.2) is 97.1 Å². The van der Waals surface area contributed by atoms with E-state index in [4.69, 9.17) is 0 Å². The number of hydrogen-bond donors (Lipinski definition) is 0. The molecule has 0 aromatic heterocycles. The van der Waals surface area contributed by atoms with E-state index in [1.54, 1.807) is 0 Å². The Morgan fingerprint density at radius 2 is 0.618 bits per heavy atom. The molecule has 4 aromatic carbocycles. The van der Waals surface area contributed by atoms with Crippen LogP contribution in [-0.2, 0) is 10.8 Å². The molecular formula is C34H36. The smallest absolute Gasteiger partial charge is 0.0204 e. The Balaban J connectivity index is 1.65. The van der Waals surface area contributed by atoms with Crippen LogP contribution < -0.4 is 0 Å². The van der Waals surface area contributed by atoms with Crippen LogP contribution in [-0.4, -0.2) is 0 Å². The van der Waals surface area contributed by atoms with Crippen LogP contribution in [0.2, 0.25) is 0 Å². The summed E-state index contributed by atoms with van der Waals surface area (Å²) < 4.78 is 0. The zero-order valence-electron chi connectivity index (χ0n) is 21.1. The minimum absolute atomic E-state index is 0.0508. The summed E-state index contributed by atoms with van der Waals surface area (Å²) in [4.78, 5) is 0.